The van der Waals surface area contributed by atoms with Crippen molar-refractivity contribution in [3.8, 4) is 10.6 Å². The van der Waals surface area contributed by atoms with Gasteiger partial charge in [-0.3, -0.25) is 5.10 Å². The molecule has 98 valence electrons. The fraction of sp³-hybridized carbons (Fsp3) is 0.231. The molecule has 0 aliphatic rings. The van der Waals surface area contributed by atoms with Crippen LogP contribution in [-0.2, 0) is 13.1 Å². The number of thiazole rings is 1. The molecule has 0 unspecified atom stereocenters. The molecule has 0 atom stereocenters. The fourth-order valence-corrected chi connectivity index (χ4v) is 3.26. The minimum atomic E-state index is 0.791. The lowest BCUT2D eigenvalue weighted by atomic mass is 10.2. The summed E-state index contributed by atoms with van der Waals surface area (Å²) in [7, 11) is 0. The van der Waals surface area contributed by atoms with Crippen LogP contribution in [0.4, 0.5) is 0 Å². The Bertz CT molecular complexity index is 639. The lowest BCUT2D eigenvalue weighted by Gasteiger charge is -2.02. The van der Waals surface area contributed by atoms with E-state index >= 15 is 0 Å². The molecule has 3 rings (SSSR count). The van der Waals surface area contributed by atoms with Gasteiger partial charge in [0.05, 0.1) is 27.5 Å². The van der Waals surface area contributed by atoms with Crippen molar-refractivity contribution in [2.24, 2.45) is 0 Å². The second-order valence-corrected chi connectivity index (χ2v) is 6.22. The topological polar surface area (TPSA) is 53.6 Å². The number of aromatic amines is 1. The van der Waals surface area contributed by atoms with Gasteiger partial charge in [-0.2, -0.15) is 5.10 Å². The average Bonchev–Trinajstić information content (AvgIpc) is 3.09. The van der Waals surface area contributed by atoms with E-state index in [1.54, 1.807) is 22.7 Å². The number of nitrogens with one attached hydrogen (secondary N) is 2. The number of rotatable bonds is 5. The summed E-state index contributed by atoms with van der Waals surface area (Å²) in [5.41, 5.74) is 3.40. The van der Waals surface area contributed by atoms with Gasteiger partial charge in [0.1, 0.15) is 0 Å². The Hall–Kier alpha value is -1.50. The van der Waals surface area contributed by atoms with Gasteiger partial charge in [0.15, 0.2) is 0 Å². The summed E-state index contributed by atoms with van der Waals surface area (Å²) in [4.78, 5) is 5.66. The zero-order valence-corrected chi connectivity index (χ0v) is 12.1. The SMILES string of the molecule is Cc1nc(CNCc2cn[nH]c2-c2cccs2)cs1. The molecule has 3 aromatic heterocycles. The zero-order valence-electron chi connectivity index (χ0n) is 10.5. The van der Waals surface area contributed by atoms with E-state index in [9.17, 15) is 0 Å². The van der Waals surface area contributed by atoms with Crippen molar-refractivity contribution in [3.05, 3.63) is 45.4 Å². The van der Waals surface area contributed by atoms with Gasteiger partial charge in [0.2, 0.25) is 0 Å². The Morgan fingerprint density at radius 3 is 3.00 bits per heavy atom. The summed E-state index contributed by atoms with van der Waals surface area (Å²) in [6.07, 6.45) is 1.88. The van der Waals surface area contributed by atoms with Crippen LogP contribution in [0.2, 0.25) is 0 Å². The Kier molecular flexibility index (Phi) is 3.72. The third-order valence-electron chi connectivity index (χ3n) is 2.77. The molecule has 0 amide bonds. The number of aryl methyl sites for hydroxylation is 1. The predicted molar refractivity (Wildman–Crippen MR) is 79.3 cm³/mol. The third kappa shape index (κ3) is 2.91. The van der Waals surface area contributed by atoms with Crippen LogP contribution in [0, 0.1) is 6.92 Å². The summed E-state index contributed by atoms with van der Waals surface area (Å²) in [6, 6.07) is 4.15. The van der Waals surface area contributed by atoms with E-state index in [1.807, 2.05) is 13.1 Å². The zero-order chi connectivity index (χ0) is 13.1. The molecule has 0 aliphatic carbocycles. The number of nitrogens with zero attached hydrogens (tertiary/aromatic N) is 2. The molecule has 0 fully saturated rings. The third-order valence-corrected chi connectivity index (χ3v) is 4.48. The van der Waals surface area contributed by atoms with E-state index in [-0.39, 0.29) is 0 Å². The molecule has 0 aliphatic heterocycles. The van der Waals surface area contributed by atoms with Gasteiger partial charge in [-0.15, -0.1) is 22.7 Å². The summed E-state index contributed by atoms with van der Waals surface area (Å²) < 4.78 is 0. The predicted octanol–water partition coefficient (Wildman–Crippen LogP) is 3.19. The molecule has 0 radical (unpaired) electrons. The van der Waals surface area contributed by atoms with Crippen molar-refractivity contribution < 1.29 is 0 Å². The maximum absolute atomic E-state index is 4.44. The molecule has 0 aromatic carbocycles. The molecule has 2 N–H and O–H groups in total. The molecular formula is C13H14N4S2. The smallest absolute Gasteiger partial charge is 0.0897 e. The number of H-pyrrole nitrogens is 1. The van der Waals surface area contributed by atoms with E-state index in [0.29, 0.717) is 0 Å². The summed E-state index contributed by atoms with van der Waals surface area (Å²) >= 11 is 3.40. The fourth-order valence-electron chi connectivity index (χ4n) is 1.89. The van der Waals surface area contributed by atoms with Crippen LogP contribution in [-0.4, -0.2) is 15.2 Å². The Balaban J connectivity index is 1.63. The molecular weight excluding hydrogens is 276 g/mol. The first-order valence-electron chi connectivity index (χ1n) is 6.01. The standard InChI is InChI=1S/C13H14N4S2/c1-9-16-11(8-19-9)7-14-5-10-6-15-17-13(10)12-3-2-4-18-12/h2-4,6,8,14H,5,7H2,1H3,(H,15,17). The van der Waals surface area contributed by atoms with Crippen LogP contribution in [0.15, 0.2) is 29.1 Å². The van der Waals surface area contributed by atoms with E-state index in [4.69, 9.17) is 0 Å². The van der Waals surface area contributed by atoms with Gasteiger partial charge in [0.25, 0.3) is 0 Å². The van der Waals surface area contributed by atoms with Crippen LogP contribution >= 0.6 is 22.7 Å². The van der Waals surface area contributed by atoms with Crippen LogP contribution < -0.4 is 5.32 Å². The highest BCUT2D eigenvalue weighted by Crippen LogP contribution is 2.25. The summed E-state index contributed by atoms with van der Waals surface area (Å²) in [5.74, 6) is 0. The van der Waals surface area contributed by atoms with E-state index in [0.717, 1.165) is 29.5 Å². The second kappa shape index (κ2) is 5.64. The Morgan fingerprint density at radius 1 is 1.32 bits per heavy atom. The van der Waals surface area contributed by atoms with E-state index in [1.165, 1.54) is 10.4 Å². The second-order valence-electron chi connectivity index (χ2n) is 4.21. The van der Waals surface area contributed by atoms with Crippen molar-refractivity contribution in [2.75, 3.05) is 0 Å². The van der Waals surface area contributed by atoms with Crippen molar-refractivity contribution in [1.29, 1.82) is 0 Å². The van der Waals surface area contributed by atoms with Gasteiger partial charge < -0.3 is 5.32 Å². The molecule has 0 spiro atoms. The maximum Gasteiger partial charge on any atom is 0.0897 e. The maximum atomic E-state index is 4.44. The molecule has 6 heteroatoms. The number of hydrogen-bond acceptors (Lipinski definition) is 5. The summed E-state index contributed by atoms with van der Waals surface area (Å²) in [5, 5.41) is 15.9. The average molecular weight is 290 g/mol. The summed E-state index contributed by atoms with van der Waals surface area (Å²) in [6.45, 7) is 3.61. The van der Waals surface area contributed by atoms with Crippen molar-refractivity contribution in [3.63, 3.8) is 0 Å². The lowest BCUT2D eigenvalue weighted by molar-refractivity contribution is 0.683. The number of thiophene rings is 1. The Morgan fingerprint density at radius 2 is 2.26 bits per heavy atom. The van der Waals surface area contributed by atoms with Gasteiger partial charge in [0, 0.05) is 24.0 Å². The molecule has 0 saturated carbocycles. The molecule has 0 bridgehead atoms. The van der Waals surface area contributed by atoms with Crippen LogP contribution in [0.5, 0.6) is 0 Å². The molecule has 3 heterocycles. The number of aromatic nitrogens is 3. The van der Waals surface area contributed by atoms with Gasteiger partial charge in [-0.25, -0.2) is 4.98 Å². The first-order valence-corrected chi connectivity index (χ1v) is 7.76. The molecule has 0 saturated heterocycles. The largest absolute Gasteiger partial charge is 0.307 e. The normalized spacial score (nSPS) is 11.0. The molecule has 4 nitrogen and oxygen atoms in total. The Labute approximate surface area is 119 Å². The highest BCUT2D eigenvalue weighted by atomic mass is 32.1. The van der Waals surface area contributed by atoms with Crippen molar-refractivity contribution in [1.82, 2.24) is 20.5 Å². The van der Waals surface area contributed by atoms with E-state index in [2.05, 4.69) is 43.4 Å². The quantitative estimate of drug-likeness (QED) is 0.758. The van der Waals surface area contributed by atoms with Crippen molar-refractivity contribution >= 4 is 22.7 Å². The number of hydrogen-bond donors (Lipinski definition) is 2. The van der Waals surface area contributed by atoms with Crippen LogP contribution in [0.25, 0.3) is 10.6 Å². The van der Waals surface area contributed by atoms with Gasteiger partial charge in [-0.1, -0.05) is 6.07 Å². The molecule has 3 aromatic rings. The van der Waals surface area contributed by atoms with Crippen molar-refractivity contribution in [2.45, 2.75) is 20.0 Å². The minimum Gasteiger partial charge on any atom is -0.307 e. The van der Waals surface area contributed by atoms with E-state index < -0.39 is 0 Å². The minimum absolute atomic E-state index is 0.791. The van der Waals surface area contributed by atoms with Gasteiger partial charge >= 0.3 is 0 Å². The monoisotopic (exact) mass is 290 g/mol. The van der Waals surface area contributed by atoms with Gasteiger partial charge in [-0.05, 0) is 18.4 Å². The lowest BCUT2D eigenvalue weighted by Crippen LogP contribution is -2.13. The van der Waals surface area contributed by atoms with Crippen LogP contribution in [0.3, 0.4) is 0 Å². The first-order chi connectivity index (χ1) is 9.33. The van der Waals surface area contributed by atoms with Crippen LogP contribution in [0.1, 0.15) is 16.3 Å². The molecule has 19 heavy (non-hydrogen) atoms. The first kappa shape index (κ1) is 12.5. The highest BCUT2D eigenvalue weighted by Gasteiger charge is 2.08. The highest BCUT2D eigenvalue weighted by molar-refractivity contribution is 7.13.